The van der Waals surface area contributed by atoms with Crippen LogP contribution in [-0.4, -0.2) is 50.5 Å². The van der Waals surface area contributed by atoms with E-state index in [-0.39, 0.29) is 24.8 Å². The number of sulfonamides is 1. The molecule has 1 atom stereocenters. The first-order chi connectivity index (χ1) is 19.5. The minimum Gasteiger partial charge on any atom is -0.354 e. The summed E-state index contributed by atoms with van der Waals surface area (Å²) in [5.41, 5.74) is 3.07. The zero-order valence-electron chi connectivity index (χ0n) is 24.2. The number of rotatable bonds is 14. The Bertz CT molecular complexity index is 1400. The molecule has 0 aliphatic carbocycles. The van der Waals surface area contributed by atoms with Crippen LogP contribution in [0.4, 0.5) is 5.69 Å². The van der Waals surface area contributed by atoms with Gasteiger partial charge in [-0.05, 0) is 53.3 Å². The molecule has 0 saturated carbocycles. The van der Waals surface area contributed by atoms with Crippen molar-refractivity contribution in [1.29, 1.82) is 0 Å². The molecule has 2 amide bonds. The van der Waals surface area contributed by atoms with Gasteiger partial charge in [-0.2, -0.15) is 0 Å². The van der Waals surface area contributed by atoms with Crippen LogP contribution in [-0.2, 0) is 32.6 Å². The van der Waals surface area contributed by atoms with E-state index in [4.69, 9.17) is 11.6 Å². The SMILES string of the molecule is CCCCNC(=O)C(Cc1ccccc1)N(Cc1cccc(Cl)c1)C(=O)CN(c1ccc(C(C)C)cc1)S(C)(=O)=O. The average molecular weight is 598 g/mol. The van der Waals surface area contributed by atoms with Crippen LogP contribution in [0.1, 0.15) is 56.2 Å². The van der Waals surface area contributed by atoms with Crippen LogP contribution in [0.25, 0.3) is 0 Å². The lowest BCUT2D eigenvalue weighted by molar-refractivity contribution is -0.140. The number of halogens is 1. The van der Waals surface area contributed by atoms with Crippen LogP contribution >= 0.6 is 11.6 Å². The number of nitrogens with one attached hydrogen (secondary N) is 1. The summed E-state index contributed by atoms with van der Waals surface area (Å²) < 4.78 is 27.0. The number of hydrogen-bond acceptors (Lipinski definition) is 4. The first-order valence-corrected chi connectivity index (χ1v) is 16.2. The van der Waals surface area contributed by atoms with Gasteiger partial charge in [0.1, 0.15) is 12.6 Å². The highest BCUT2D eigenvalue weighted by Crippen LogP contribution is 2.24. The molecule has 0 heterocycles. The minimum atomic E-state index is -3.82. The number of anilines is 1. The van der Waals surface area contributed by atoms with Gasteiger partial charge in [-0.15, -0.1) is 0 Å². The molecule has 3 rings (SSSR count). The van der Waals surface area contributed by atoms with Crippen LogP contribution in [0, 0.1) is 0 Å². The predicted octanol–water partition coefficient (Wildman–Crippen LogP) is 5.79. The van der Waals surface area contributed by atoms with Crippen molar-refractivity contribution >= 4 is 39.1 Å². The van der Waals surface area contributed by atoms with Gasteiger partial charge in [0, 0.05) is 24.5 Å². The number of nitrogens with zero attached hydrogens (tertiary/aromatic N) is 2. The second-order valence-electron chi connectivity index (χ2n) is 10.5. The molecule has 0 aromatic heterocycles. The molecule has 9 heteroatoms. The molecule has 3 aromatic carbocycles. The summed E-state index contributed by atoms with van der Waals surface area (Å²) in [6, 6.07) is 22.9. The summed E-state index contributed by atoms with van der Waals surface area (Å²) in [7, 11) is -3.82. The maximum Gasteiger partial charge on any atom is 0.244 e. The van der Waals surface area contributed by atoms with Crippen molar-refractivity contribution in [3.63, 3.8) is 0 Å². The highest BCUT2D eigenvalue weighted by atomic mass is 35.5. The van der Waals surface area contributed by atoms with Crippen LogP contribution in [0.5, 0.6) is 0 Å². The van der Waals surface area contributed by atoms with Gasteiger partial charge in [-0.1, -0.05) is 93.4 Å². The first kappa shape index (κ1) is 32.2. The van der Waals surface area contributed by atoms with Crippen LogP contribution in [0.15, 0.2) is 78.9 Å². The average Bonchev–Trinajstić information content (AvgIpc) is 2.93. The number of hydrogen-bond donors (Lipinski definition) is 1. The molecule has 0 fully saturated rings. The van der Waals surface area contributed by atoms with E-state index in [0.29, 0.717) is 17.3 Å². The highest BCUT2D eigenvalue weighted by molar-refractivity contribution is 7.92. The largest absolute Gasteiger partial charge is 0.354 e. The third-order valence-corrected chi connectivity index (χ3v) is 8.25. The molecule has 0 saturated heterocycles. The lowest BCUT2D eigenvalue weighted by Crippen LogP contribution is -2.53. The Balaban J connectivity index is 2.02. The second-order valence-corrected chi connectivity index (χ2v) is 12.9. The van der Waals surface area contributed by atoms with Crippen molar-refractivity contribution in [1.82, 2.24) is 10.2 Å². The third kappa shape index (κ3) is 9.61. The van der Waals surface area contributed by atoms with Gasteiger partial charge in [-0.3, -0.25) is 13.9 Å². The van der Waals surface area contributed by atoms with Gasteiger partial charge in [0.15, 0.2) is 0 Å². The Morgan fingerprint density at radius 2 is 1.59 bits per heavy atom. The molecule has 1 unspecified atom stereocenters. The molecule has 220 valence electrons. The van der Waals surface area contributed by atoms with E-state index in [2.05, 4.69) is 19.2 Å². The summed E-state index contributed by atoms with van der Waals surface area (Å²) in [5, 5.41) is 3.48. The van der Waals surface area contributed by atoms with E-state index in [1.807, 2.05) is 55.5 Å². The lowest BCUT2D eigenvalue weighted by Gasteiger charge is -2.33. The number of benzene rings is 3. The summed E-state index contributed by atoms with van der Waals surface area (Å²) in [6.07, 6.45) is 3.07. The van der Waals surface area contributed by atoms with E-state index < -0.39 is 28.5 Å². The maximum atomic E-state index is 14.1. The summed E-state index contributed by atoms with van der Waals surface area (Å²) in [5.74, 6) is -0.504. The maximum absolute atomic E-state index is 14.1. The Morgan fingerprint density at radius 3 is 2.17 bits per heavy atom. The van der Waals surface area contributed by atoms with E-state index >= 15 is 0 Å². The smallest absolute Gasteiger partial charge is 0.244 e. The Kier molecular flexibility index (Phi) is 11.8. The van der Waals surface area contributed by atoms with Crippen molar-refractivity contribution in [3.8, 4) is 0 Å². The normalized spacial score (nSPS) is 12.1. The molecular formula is C32H40ClN3O4S. The summed E-state index contributed by atoms with van der Waals surface area (Å²) in [6.45, 7) is 6.27. The summed E-state index contributed by atoms with van der Waals surface area (Å²) in [4.78, 5) is 29.2. The fourth-order valence-corrected chi connectivity index (χ4v) is 5.59. The zero-order chi connectivity index (χ0) is 30.0. The summed E-state index contributed by atoms with van der Waals surface area (Å²) >= 11 is 6.25. The van der Waals surface area contributed by atoms with Crippen LogP contribution < -0.4 is 9.62 Å². The second kappa shape index (κ2) is 15.0. The van der Waals surface area contributed by atoms with Crippen LogP contribution in [0.3, 0.4) is 0 Å². The van der Waals surface area contributed by atoms with Gasteiger partial charge in [0.05, 0.1) is 11.9 Å². The molecular weight excluding hydrogens is 558 g/mol. The molecule has 1 N–H and O–H groups in total. The topological polar surface area (TPSA) is 86.8 Å². The molecule has 0 radical (unpaired) electrons. The molecule has 0 aliphatic heterocycles. The van der Waals surface area contributed by atoms with E-state index in [9.17, 15) is 18.0 Å². The number of carbonyl (C=O) groups excluding carboxylic acids is 2. The van der Waals surface area contributed by atoms with Crippen molar-refractivity contribution in [2.45, 2.75) is 58.5 Å². The molecule has 7 nitrogen and oxygen atoms in total. The highest BCUT2D eigenvalue weighted by Gasteiger charge is 2.33. The number of unbranched alkanes of at least 4 members (excludes halogenated alkanes) is 1. The zero-order valence-corrected chi connectivity index (χ0v) is 25.8. The minimum absolute atomic E-state index is 0.0853. The Labute approximate surface area is 249 Å². The number of amides is 2. The first-order valence-electron chi connectivity index (χ1n) is 13.9. The van der Waals surface area contributed by atoms with E-state index in [1.165, 1.54) is 4.90 Å². The van der Waals surface area contributed by atoms with Crippen molar-refractivity contribution in [2.24, 2.45) is 0 Å². The molecule has 0 bridgehead atoms. The molecule has 3 aromatic rings. The van der Waals surface area contributed by atoms with Crippen LogP contribution in [0.2, 0.25) is 5.02 Å². The van der Waals surface area contributed by atoms with Crippen molar-refractivity contribution in [2.75, 3.05) is 23.7 Å². The van der Waals surface area contributed by atoms with Gasteiger partial charge in [-0.25, -0.2) is 8.42 Å². The number of carbonyl (C=O) groups is 2. The van der Waals surface area contributed by atoms with Gasteiger partial charge in [0.2, 0.25) is 21.8 Å². The van der Waals surface area contributed by atoms with Crippen molar-refractivity contribution in [3.05, 3.63) is 101 Å². The standard InChI is InChI=1S/C32H40ClN3O4S/c1-5-6-19-34-32(38)30(21-25-11-8-7-9-12-25)35(22-26-13-10-14-28(33)20-26)31(37)23-36(41(4,39)40)29-17-15-27(16-18-29)24(2)3/h7-18,20,24,30H,5-6,19,21-23H2,1-4H3,(H,34,38). The quantitative estimate of drug-likeness (QED) is 0.238. The Morgan fingerprint density at radius 1 is 0.927 bits per heavy atom. The third-order valence-electron chi connectivity index (χ3n) is 6.87. The van der Waals surface area contributed by atoms with Gasteiger partial charge < -0.3 is 10.2 Å². The molecule has 0 spiro atoms. The monoisotopic (exact) mass is 597 g/mol. The fourth-order valence-electron chi connectivity index (χ4n) is 4.53. The predicted molar refractivity (Wildman–Crippen MR) is 167 cm³/mol. The Hall–Kier alpha value is -3.36. The van der Waals surface area contributed by atoms with Crippen molar-refractivity contribution < 1.29 is 18.0 Å². The van der Waals surface area contributed by atoms with Gasteiger partial charge >= 0.3 is 0 Å². The molecule has 41 heavy (non-hydrogen) atoms. The molecule has 0 aliphatic rings. The lowest BCUT2D eigenvalue weighted by atomic mass is 10.0. The van der Waals surface area contributed by atoms with E-state index in [0.717, 1.165) is 40.1 Å². The van der Waals surface area contributed by atoms with E-state index in [1.54, 1.807) is 30.3 Å². The fraction of sp³-hybridized carbons (Fsp3) is 0.375. The van der Waals surface area contributed by atoms with Gasteiger partial charge in [0.25, 0.3) is 0 Å².